The van der Waals surface area contributed by atoms with Crippen molar-refractivity contribution in [2.75, 3.05) is 18.8 Å². The lowest BCUT2D eigenvalue weighted by Crippen LogP contribution is -2.39. The molecule has 1 aromatic heterocycles. The summed E-state index contributed by atoms with van der Waals surface area (Å²) in [6, 6.07) is 1.38. The smallest absolute Gasteiger partial charge is 0.398 e. The minimum absolute atomic E-state index is 0.00444. The molecule has 2 N–H and O–H groups in total. The van der Waals surface area contributed by atoms with E-state index < -0.39 is 18.6 Å². The molecule has 0 spiro atoms. The molecule has 0 fully saturated rings. The number of hydrogen-bond acceptors (Lipinski definition) is 3. The summed E-state index contributed by atoms with van der Waals surface area (Å²) >= 11 is 0. The summed E-state index contributed by atoms with van der Waals surface area (Å²) in [6.45, 7) is 0.434. The van der Waals surface area contributed by atoms with Crippen molar-refractivity contribution in [2.24, 2.45) is 0 Å². The van der Waals surface area contributed by atoms with Crippen LogP contribution in [-0.4, -0.2) is 35.1 Å². The van der Waals surface area contributed by atoms with E-state index >= 15 is 0 Å². The van der Waals surface area contributed by atoms with Gasteiger partial charge in [0.2, 0.25) is 0 Å². The molecule has 0 aliphatic carbocycles. The first-order chi connectivity index (χ1) is 8.35. The molecule has 1 rings (SSSR count). The fourth-order valence-corrected chi connectivity index (χ4v) is 1.49. The van der Waals surface area contributed by atoms with E-state index in [-0.39, 0.29) is 17.8 Å². The molecule has 0 bridgehead atoms. The average molecular weight is 261 g/mol. The standard InChI is InChI=1S/C11H14F3N3O/c1-2-5-17(7-11(12,13)14)10(18)8-6-16-4-3-9(8)15/h3-4,6H,2,5,7H2,1H3,(H2,15,16). The second-order valence-corrected chi connectivity index (χ2v) is 3.80. The molecule has 1 heterocycles. The maximum absolute atomic E-state index is 12.4. The summed E-state index contributed by atoms with van der Waals surface area (Å²) in [5.41, 5.74) is 5.67. The predicted octanol–water partition coefficient (Wildman–Crippen LogP) is 2.08. The van der Waals surface area contributed by atoms with Crippen LogP contribution < -0.4 is 5.73 Å². The molecule has 1 amide bonds. The summed E-state index contributed by atoms with van der Waals surface area (Å²) in [7, 11) is 0. The van der Waals surface area contributed by atoms with Crippen molar-refractivity contribution in [3.05, 3.63) is 24.0 Å². The molecule has 1 aromatic rings. The van der Waals surface area contributed by atoms with Crippen molar-refractivity contribution in [3.8, 4) is 0 Å². The van der Waals surface area contributed by atoms with Crippen LogP contribution in [0.1, 0.15) is 23.7 Å². The Morgan fingerprint density at radius 3 is 2.67 bits per heavy atom. The van der Waals surface area contributed by atoms with Gasteiger partial charge < -0.3 is 10.6 Å². The minimum atomic E-state index is -4.43. The Morgan fingerprint density at radius 2 is 2.17 bits per heavy atom. The van der Waals surface area contributed by atoms with Crippen molar-refractivity contribution in [3.63, 3.8) is 0 Å². The molecule has 0 unspecified atom stereocenters. The van der Waals surface area contributed by atoms with Gasteiger partial charge in [-0.25, -0.2) is 0 Å². The average Bonchev–Trinajstić information content (AvgIpc) is 2.26. The van der Waals surface area contributed by atoms with E-state index in [0.717, 1.165) is 4.90 Å². The van der Waals surface area contributed by atoms with Gasteiger partial charge in [-0.05, 0) is 12.5 Å². The zero-order chi connectivity index (χ0) is 13.8. The molecule has 0 saturated carbocycles. The molecule has 0 aliphatic heterocycles. The van der Waals surface area contributed by atoms with Crippen LogP contribution in [0.5, 0.6) is 0 Å². The van der Waals surface area contributed by atoms with Gasteiger partial charge in [-0.2, -0.15) is 13.2 Å². The fraction of sp³-hybridized carbons (Fsp3) is 0.455. The highest BCUT2D eigenvalue weighted by Crippen LogP contribution is 2.19. The van der Waals surface area contributed by atoms with Crippen LogP contribution >= 0.6 is 0 Å². The number of aromatic nitrogens is 1. The maximum Gasteiger partial charge on any atom is 0.406 e. The molecular weight excluding hydrogens is 247 g/mol. The number of rotatable bonds is 4. The normalized spacial score (nSPS) is 11.3. The lowest BCUT2D eigenvalue weighted by atomic mass is 10.2. The number of carbonyl (C=O) groups excluding carboxylic acids is 1. The number of amides is 1. The molecule has 18 heavy (non-hydrogen) atoms. The van der Waals surface area contributed by atoms with E-state index in [9.17, 15) is 18.0 Å². The number of halogens is 3. The monoisotopic (exact) mass is 261 g/mol. The van der Waals surface area contributed by atoms with Crippen molar-refractivity contribution in [1.82, 2.24) is 9.88 Å². The highest BCUT2D eigenvalue weighted by Gasteiger charge is 2.33. The zero-order valence-electron chi connectivity index (χ0n) is 9.87. The van der Waals surface area contributed by atoms with E-state index in [0.29, 0.717) is 6.42 Å². The van der Waals surface area contributed by atoms with Gasteiger partial charge in [0, 0.05) is 24.6 Å². The third-order valence-corrected chi connectivity index (χ3v) is 2.24. The Labute approximate surface area is 103 Å². The topological polar surface area (TPSA) is 59.2 Å². The van der Waals surface area contributed by atoms with Gasteiger partial charge in [0.1, 0.15) is 6.54 Å². The Hall–Kier alpha value is -1.79. The summed E-state index contributed by atoms with van der Waals surface area (Å²) in [6.07, 6.45) is -1.44. The largest absolute Gasteiger partial charge is 0.406 e. The van der Waals surface area contributed by atoms with Crippen molar-refractivity contribution in [2.45, 2.75) is 19.5 Å². The van der Waals surface area contributed by atoms with Crippen molar-refractivity contribution in [1.29, 1.82) is 0 Å². The first kappa shape index (κ1) is 14.3. The predicted molar refractivity (Wildman–Crippen MR) is 60.9 cm³/mol. The molecule has 4 nitrogen and oxygen atoms in total. The molecule has 0 radical (unpaired) electrons. The number of carbonyl (C=O) groups is 1. The van der Waals surface area contributed by atoms with Crippen LogP contribution in [0.15, 0.2) is 18.5 Å². The second kappa shape index (κ2) is 5.70. The van der Waals surface area contributed by atoms with E-state index in [4.69, 9.17) is 5.73 Å². The number of nitrogens with zero attached hydrogens (tertiary/aromatic N) is 2. The number of pyridine rings is 1. The van der Waals surface area contributed by atoms with Crippen molar-refractivity contribution >= 4 is 11.6 Å². The van der Waals surface area contributed by atoms with Crippen molar-refractivity contribution < 1.29 is 18.0 Å². The first-order valence-corrected chi connectivity index (χ1v) is 5.40. The molecule has 0 saturated heterocycles. The van der Waals surface area contributed by atoms with E-state index in [1.807, 2.05) is 0 Å². The van der Waals surface area contributed by atoms with Crippen LogP contribution in [0.25, 0.3) is 0 Å². The van der Waals surface area contributed by atoms with E-state index in [1.54, 1.807) is 6.92 Å². The number of hydrogen-bond donors (Lipinski definition) is 1. The molecule has 7 heteroatoms. The fourth-order valence-electron chi connectivity index (χ4n) is 1.49. The SMILES string of the molecule is CCCN(CC(F)(F)F)C(=O)c1cnccc1N. The van der Waals surface area contributed by atoms with Crippen LogP contribution in [0.3, 0.4) is 0 Å². The Balaban J connectivity index is 2.93. The number of nitrogens with two attached hydrogens (primary N) is 1. The molecule has 100 valence electrons. The van der Waals surface area contributed by atoms with Crippen LogP contribution in [-0.2, 0) is 0 Å². The van der Waals surface area contributed by atoms with Gasteiger partial charge >= 0.3 is 6.18 Å². The lowest BCUT2D eigenvalue weighted by Gasteiger charge is -2.23. The van der Waals surface area contributed by atoms with Crippen LogP contribution in [0, 0.1) is 0 Å². The zero-order valence-corrected chi connectivity index (χ0v) is 9.87. The number of alkyl halides is 3. The minimum Gasteiger partial charge on any atom is -0.398 e. The van der Waals surface area contributed by atoms with E-state index in [1.165, 1.54) is 18.5 Å². The third-order valence-electron chi connectivity index (χ3n) is 2.24. The Morgan fingerprint density at radius 1 is 1.50 bits per heavy atom. The molecular formula is C11H14F3N3O. The summed E-state index contributed by atoms with van der Waals surface area (Å²) in [5, 5.41) is 0. The third kappa shape index (κ3) is 3.90. The van der Waals surface area contributed by atoms with Gasteiger partial charge in [-0.15, -0.1) is 0 Å². The summed E-state index contributed by atoms with van der Waals surface area (Å²) in [5.74, 6) is -0.750. The quantitative estimate of drug-likeness (QED) is 0.902. The Kier molecular flexibility index (Phi) is 4.52. The van der Waals surface area contributed by atoms with Crippen LogP contribution in [0.4, 0.5) is 18.9 Å². The first-order valence-electron chi connectivity index (χ1n) is 5.40. The summed E-state index contributed by atoms with van der Waals surface area (Å²) < 4.78 is 37.1. The van der Waals surface area contributed by atoms with Gasteiger partial charge in [0.05, 0.1) is 5.56 Å². The highest BCUT2D eigenvalue weighted by atomic mass is 19.4. The van der Waals surface area contributed by atoms with Gasteiger partial charge in [-0.1, -0.05) is 6.92 Å². The maximum atomic E-state index is 12.4. The number of nitrogen functional groups attached to an aromatic ring is 1. The lowest BCUT2D eigenvalue weighted by molar-refractivity contribution is -0.140. The van der Waals surface area contributed by atoms with Gasteiger partial charge in [0.15, 0.2) is 0 Å². The Bertz CT molecular complexity index is 420. The molecule has 0 atom stereocenters. The van der Waals surface area contributed by atoms with E-state index in [2.05, 4.69) is 4.98 Å². The van der Waals surface area contributed by atoms with Crippen LogP contribution in [0.2, 0.25) is 0 Å². The van der Waals surface area contributed by atoms with Gasteiger partial charge in [0.25, 0.3) is 5.91 Å². The summed E-state index contributed by atoms with van der Waals surface area (Å²) in [4.78, 5) is 16.4. The molecule has 0 aromatic carbocycles. The number of anilines is 1. The van der Waals surface area contributed by atoms with Gasteiger partial charge in [-0.3, -0.25) is 9.78 Å². The second-order valence-electron chi connectivity index (χ2n) is 3.80. The highest BCUT2D eigenvalue weighted by molar-refractivity contribution is 5.98. The molecule has 0 aliphatic rings.